The number of amides is 1. The van der Waals surface area contributed by atoms with E-state index in [9.17, 15) is 45.6 Å². The minimum absolute atomic E-state index is 0.179. The number of aliphatic hydroxyl groups is 10. The molecule has 13 nitrogen and oxygen atoms in total. The lowest BCUT2D eigenvalue weighted by Crippen LogP contribution is -2.56. The van der Waals surface area contributed by atoms with E-state index >= 15 is 0 Å². The zero-order chi connectivity index (χ0) is 26.7. The van der Waals surface area contributed by atoms with Crippen LogP contribution in [0, 0.1) is 0 Å². The molecule has 0 aliphatic rings. The molecule has 8 atom stereocenters. The van der Waals surface area contributed by atoms with E-state index in [1.165, 1.54) is 0 Å². The molecule has 0 saturated heterocycles. The summed E-state index contributed by atoms with van der Waals surface area (Å²) in [5.41, 5.74) is 0.930. The molecule has 1 rings (SSSR count). The van der Waals surface area contributed by atoms with Gasteiger partial charge in [-0.1, -0.05) is 12.1 Å². The second-order valence-corrected chi connectivity index (χ2v) is 8.23. The van der Waals surface area contributed by atoms with Crippen LogP contribution in [0.1, 0.15) is 5.56 Å². The van der Waals surface area contributed by atoms with Gasteiger partial charge >= 0.3 is 0 Å². The Bertz CT molecular complexity index is 742. The number of thiol groups is 1. The van der Waals surface area contributed by atoms with Crippen LogP contribution < -0.4 is 4.74 Å². The van der Waals surface area contributed by atoms with Crippen LogP contribution in [-0.2, 0) is 10.5 Å². The average Bonchev–Trinajstić information content (AvgIpc) is 2.88. The Morgan fingerprint density at radius 2 is 1.29 bits per heavy atom. The van der Waals surface area contributed by atoms with E-state index in [0.717, 1.165) is 10.5 Å². The lowest BCUT2D eigenvalue weighted by atomic mass is 10.0. The molecule has 0 aliphatic carbocycles. The molecule has 14 heteroatoms. The number of hydrogen-bond donors (Lipinski definition) is 11. The fraction of sp³-hybridized carbons (Fsp3) is 0.667. The average molecular weight is 526 g/mol. The van der Waals surface area contributed by atoms with E-state index in [0.29, 0.717) is 11.5 Å². The van der Waals surface area contributed by atoms with E-state index in [2.05, 4.69) is 12.6 Å². The van der Waals surface area contributed by atoms with Crippen molar-refractivity contribution in [2.75, 3.05) is 32.9 Å². The van der Waals surface area contributed by atoms with Gasteiger partial charge in [0.2, 0.25) is 0 Å². The number of carbonyl (C=O) groups excluding carboxylic acids is 1. The lowest BCUT2D eigenvalue weighted by Gasteiger charge is -2.33. The SMILES string of the molecule is O=C([C@H](O)[C@@H](O)[C@H](O)[C@H](O)CO)N(CCOc1ccc(CS)cc1)C[C@H](O)[C@@H](O)[C@H](O)[C@H](O)CO. The van der Waals surface area contributed by atoms with Crippen molar-refractivity contribution in [3.05, 3.63) is 29.8 Å². The van der Waals surface area contributed by atoms with Gasteiger partial charge in [0.1, 0.15) is 55.1 Å². The first-order chi connectivity index (χ1) is 16.5. The van der Waals surface area contributed by atoms with Crippen LogP contribution in [0.5, 0.6) is 5.75 Å². The molecule has 0 spiro atoms. The first-order valence-electron chi connectivity index (χ1n) is 10.8. The Hall–Kier alpha value is -1.56. The third kappa shape index (κ3) is 9.44. The van der Waals surface area contributed by atoms with Gasteiger partial charge in [-0.2, -0.15) is 12.6 Å². The van der Waals surface area contributed by atoms with Gasteiger partial charge < -0.3 is 60.7 Å². The topological polar surface area (TPSA) is 232 Å². The largest absolute Gasteiger partial charge is 0.492 e. The molecular weight excluding hydrogens is 490 g/mol. The number of nitrogens with zero attached hydrogens (tertiary/aromatic N) is 1. The molecule has 1 aromatic carbocycles. The second-order valence-electron chi connectivity index (χ2n) is 7.91. The minimum atomic E-state index is -2.31. The van der Waals surface area contributed by atoms with Crippen LogP contribution in [0.25, 0.3) is 0 Å². The molecule has 0 bridgehead atoms. The fourth-order valence-corrected chi connectivity index (χ4v) is 3.22. The van der Waals surface area contributed by atoms with Gasteiger partial charge in [-0.3, -0.25) is 4.79 Å². The molecule has 0 aromatic heterocycles. The van der Waals surface area contributed by atoms with Crippen LogP contribution in [-0.4, -0.2) is 144 Å². The summed E-state index contributed by atoms with van der Waals surface area (Å²) < 4.78 is 5.52. The van der Waals surface area contributed by atoms with Crippen molar-refractivity contribution >= 4 is 18.5 Å². The Kier molecular flexibility index (Phi) is 14.0. The summed E-state index contributed by atoms with van der Waals surface area (Å²) in [4.78, 5) is 13.6. The van der Waals surface area contributed by atoms with E-state index in [1.54, 1.807) is 24.3 Å². The molecular formula is C21H35NO12S. The first-order valence-corrected chi connectivity index (χ1v) is 11.4. The number of aliphatic hydroxyl groups excluding tert-OH is 10. The molecule has 1 aromatic rings. The minimum Gasteiger partial charge on any atom is -0.492 e. The maximum absolute atomic E-state index is 12.8. The molecule has 10 N–H and O–H groups in total. The normalized spacial score (nSPS) is 18.6. The summed E-state index contributed by atoms with van der Waals surface area (Å²) in [6, 6.07) is 6.81. The highest BCUT2D eigenvalue weighted by Crippen LogP contribution is 2.15. The van der Waals surface area contributed by atoms with Gasteiger partial charge in [0.05, 0.1) is 19.8 Å². The van der Waals surface area contributed by atoms with E-state index in [-0.39, 0.29) is 13.2 Å². The highest BCUT2D eigenvalue weighted by molar-refractivity contribution is 7.79. The summed E-state index contributed by atoms with van der Waals surface area (Å²) in [7, 11) is 0. The molecule has 35 heavy (non-hydrogen) atoms. The standard InChI is InChI=1S/C21H35NO12S/c23-8-14(26)17(29)16(28)13(25)7-22(5-6-34-12-3-1-11(10-35)2-4-12)21(33)20(32)19(31)18(30)15(27)9-24/h1-4,13-20,23-32,35H,5-10H2/t13-,14+,15+,16+,17+,18+,19-,20+/m0/s1. The van der Waals surface area contributed by atoms with Crippen molar-refractivity contribution < 1.29 is 60.6 Å². The quantitative estimate of drug-likeness (QED) is 0.0913. The second kappa shape index (κ2) is 15.5. The first kappa shape index (κ1) is 31.5. The van der Waals surface area contributed by atoms with Crippen molar-refractivity contribution in [1.29, 1.82) is 0 Å². The third-order valence-corrected chi connectivity index (χ3v) is 5.65. The van der Waals surface area contributed by atoms with Crippen LogP contribution in [0.3, 0.4) is 0 Å². The smallest absolute Gasteiger partial charge is 0.254 e. The van der Waals surface area contributed by atoms with Crippen LogP contribution in [0.2, 0.25) is 0 Å². The van der Waals surface area contributed by atoms with Crippen molar-refractivity contribution in [2.45, 2.75) is 54.6 Å². The Morgan fingerprint density at radius 3 is 1.77 bits per heavy atom. The van der Waals surface area contributed by atoms with Crippen LogP contribution >= 0.6 is 12.6 Å². The van der Waals surface area contributed by atoms with Crippen molar-refractivity contribution in [1.82, 2.24) is 4.90 Å². The zero-order valence-corrected chi connectivity index (χ0v) is 19.7. The fourth-order valence-electron chi connectivity index (χ4n) is 3.01. The number of carbonyl (C=O) groups is 1. The third-order valence-electron chi connectivity index (χ3n) is 5.29. The van der Waals surface area contributed by atoms with Crippen LogP contribution in [0.4, 0.5) is 0 Å². The molecule has 0 unspecified atom stereocenters. The predicted molar refractivity (Wildman–Crippen MR) is 123 cm³/mol. The molecule has 0 radical (unpaired) electrons. The van der Waals surface area contributed by atoms with Crippen molar-refractivity contribution in [2.24, 2.45) is 0 Å². The van der Waals surface area contributed by atoms with Gasteiger partial charge in [-0.05, 0) is 17.7 Å². The van der Waals surface area contributed by atoms with Gasteiger partial charge in [-0.15, -0.1) is 0 Å². The highest BCUT2D eigenvalue weighted by atomic mass is 32.1. The summed E-state index contributed by atoms with van der Waals surface area (Å²) in [6.45, 7) is -3.08. The molecule has 0 aliphatic heterocycles. The van der Waals surface area contributed by atoms with Gasteiger partial charge in [0.25, 0.3) is 5.91 Å². The number of rotatable bonds is 16. The summed E-state index contributed by atoms with van der Waals surface area (Å²) in [5.74, 6) is -0.303. The van der Waals surface area contributed by atoms with Crippen molar-refractivity contribution in [3.63, 3.8) is 0 Å². The molecule has 0 saturated carbocycles. The van der Waals surface area contributed by atoms with E-state index in [1.807, 2.05) is 0 Å². The Morgan fingerprint density at radius 1 is 0.800 bits per heavy atom. The van der Waals surface area contributed by atoms with Gasteiger partial charge in [0.15, 0.2) is 6.10 Å². The Labute approximate surface area is 207 Å². The monoisotopic (exact) mass is 525 g/mol. The van der Waals surface area contributed by atoms with E-state index < -0.39 is 74.5 Å². The summed E-state index contributed by atoms with van der Waals surface area (Å²) >= 11 is 4.15. The van der Waals surface area contributed by atoms with Gasteiger partial charge in [-0.25, -0.2) is 0 Å². The number of benzene rings is 1. The lowest BCUT2D eigenvalue weighted by molar-refractivity contribution is -0.163. The maximum Gasteiger partial charge on any atom is 0.254 e. The summed E-state index contributed by atoms with van der Waals surface area (Å²) in [5, 5.41) is 96.9. The van der Waals surface area contributed by atoms with E-state index in [4.69, 9.17) is 14.9 Å². The molecule has 0 fully saturated rings. The number of ether oxygens (including phenoxy) is 1. The molecule has 202 valence electrons. The Balaban J connectivity index is 2.96. The van der Waals surface area contributed by atoms with Crippen molar-refractivity contribution in [3.8, 4) is 5.75 Å². The molecule has 0 heterocycles. The zero-order valence-electron chi connectivity index (χ0n) is 18.9. The van der Waals surface area contributed by atoms with Gasteiger partial charge in [0, 0.05) is 12.3 Å². The summed E-state index contributed by atoms with van der Waals surface area (Å²) in [6.07, 6.45) is -16.1. The van der Waals surface area contributed by atoms with Crippen LogP contribution in [0.15, 0.2) is 24.3 Å². The molecule has 1 amide bonds. The predicted octanol–water partition coefficient (Wildman–Crippen LogP) is -4.80. The highest BCUT2D eigenvalue weighted by Gasteiger charge is 2.38. The maximum atomic E-state index is 12.8. The number of hydrogen-bond acceptors (Lipinski definition) is 13.